The number of fused-ring (bicyclic) bond motifs is 1. The topological polar surface area (TPSA) is 37.8 Å². The Morgan fingerprint density at radius 1 is 1.00 bits per heavy atom. The number of anilines is 1. The zero-order chi connectivity index (χ0) is 13.9. The van der Waals surface area contributed by atoms with Crippen LogP contribution in [0.25, 0.3) is 10.8 Å². The molecule has 0 saturated heterocycles. The van der Waals surface area contributed by atoms with Gasteiger partial charge in [-0.25, -0.2) is 0 Å². The average molecular weight is 263 g/mol. The van der Waals surface area contributed by atoms with Gasteiger partial charge in [-0.2, -0.15) is 0 Å². The molecule has 2 aromatic heterocycles. The lowest BCUT2D eigenvalue weighted by atomic mass is 10.1. The summed E-state index contributed by atoms with van der Waals surface area (Å²) in [5, 5.41) is 5.83. The Labute approximate surface area is 118 Å². The molecule has 3 aromatic rings. The minimum Gasteiger partial charge on any atom is -0.380 e. The van der Waals surface area contributed by atoms with E-state index in [0.29, 0.717) is 0 Å². The van der Waals surface area contributed by atoms with Crippen LogP contribution >= 0.6 is 0 Å². The third-order valence-corrected chi connectivity index (χ3v) is 3.41. The first kappa shape index (κ1) is 12.6. The second-order valence-corrected chi connectivity index (χ2v) is 5.00. The molecule has 0 radical (unpaired) electrons. The molecule has 20 heavy (non-hydrogen) atoms. The van der Waals surface area contributed by atoms with E-state index in [1.54, 1.807) is 0 Å². The van der Waals surface area contributed by atoms with E-state index in [1.165, 1.54) is 16.3 Å². The Bertz CT molecular complexity index is 750. The van der Waals surface area contributed by atoms with E-state index < -0.39 is 0 Å². The third-order valence-electron chi connectivity index (χ3n) is 3.41. The van der Waals surface area contributed by atoms with Gasteiger partial charge in [0.2, 0.25) is 0 Å². The zero-order valence-electron chi connectivity index (χ0n) is 11.7. The molecule has 0 bridgehead atoms. The van der Waals surface area contributed by atoms with Crippen molar-refractivity contribution in [3.63, 3.8) is 0 Å². The van der Waals surface area contributed by atoms with Crippen LogP contribution in [0.4, 0.5) is 5.69 Å². The van der Waals surface area contributed by atoms with Gasteiger partial charge in [0.25, 0.3) is 0 Å². The summed E-state index contributed by atoms with van der Waals surface area (Å²) in [5.74, 6) is 0. The number of nitrogens with zero attached hydrogens (tertiary/aromatic N) is 2. The van der Waals surface area contributed by atoms with Crippen LogP contribution in [-0.4, -0.2) is 9.97 Å². The fraction of sp³-hybridized carbons (Fsp3) is 0.176. The molecule has 3 nitrogen and oxygen atoms in total. The highest BCUT2D eigenvalue weighted by Crippen LogP contribution is 2.17. The molecule has 0 atom stereocenters. The van der Waals surface area contributed by atoms with Gasteiger partial charge in [-0.1, -0.05) is 12.1 Å². The molecular formula is C17H17N3. The summed E-state index contributed by atoms with van der Waals surface area (Å²) in [5.41, 5.74) is 4.43. The first-order valence-electron chi connectivity index (χ1n) is 6.73. The number of nitrogens with one attached hydrogen (secondary N) is 1. The molecular weight excluding hydrogens is 246 g/mol. The predicted octanol–water partition coefficient (Wildman–Crippen LogP) is 3.86. The van der Waals surface area contributed by atoms with Crippen LogP contribution in [0.3, 0.4) is 0 Å². The molecule has 1 aromatic carbocycles. The maximum absolute atomic E-state index is 4.47. The van der Waals surface area contributed by atoms with Crippen molar-refractivity contribution in [2.75, 3.05) is 5.32 Å². The molecule has 1 N–H and O–H groups in total. The van der Waals surface area contributed by atoms with Crippen molar-refractivity contribution in [3.8, 4) is 0 Å². The zero-order valence-corrected chi connectivity index (χ0v) is 11.7. The van der Waals surface area contributed by atoms with Gasteiger partial charge < -0.3 is 5.32 Å². The highest BCUT2D eigenvalue weighted by atomic mass is 14.9. The number of hydrogen-bond acceptors (Lipinski definition) is 3. The molecule has 2 heterocycles. The number of hydrogen-bond donors (Lipinski definition) is 1. The molecule has 3 heteroatoms. The molecule has 0 saturated carbocycles. The fourth-order valence-corrected chi connectivity index (χ4v) is 2.31. The predicted molar refractivity (Wildman–Crippen MR) is 82.8 cm³/mol. The number of aromatic nitrogens is 2. The van der Waals surface area contributed by atoms with Crippen molar-refractivity contribution in [3.05, 3.63) is 65.7 Å². The summed E-state index contributed by atoms with van der Waals surface area (Å²) in [7, 11) is 0. The van der Waals surface area contributed by atoms with Crippen LogP contribution in [0.15, 0.2) is 48.8 Å². The highest BCUT2D eigenvalue weighted by Gasteiger charge is 2.01. The van der Waals surface area contributed by atoms with Crippen molar-refractivity contribution in [1.29, 1.82) is 0 Å². The number of rotatable bonds is 3. The van der Waals surface area contributed by atoms with E-state index in [0.717, 1.165) is 23.6 Å². The maximum atomic E-state index is 4.47. The fourth-order valence-electron chi connectivity index (χ4n) is 2.31. The van der Waals surface area contributed by atoms with E-state index in [9.17, 15) is 0 Å². The molecule has 0 spiro atoms. The van der Waals surface area contributed by atoms with Crippen molar-refractivity contribution in [1.82, 2.24) is 9.97 Å². The quantitative estimate of drug-likeness (QED) is 0.779. The van der Waals surface area contributed by atoms with Crippen LogP contribution in [0.1, 0.15) is 17.0 Å². The van der Waals surface area contributed by atoms with Crippen LogP contribution in [0, 0.1) is 13.8 Å². The van der Waals surface area contributed by atoms with Gasteiger partial charge in [0.05, 0.1) is 11.4 Å². The minimum absolute atomic E-state index is 0.795. The van der Waals surface area contributed by atoms with Gasteiger partial charge in [0, 0.05) is 30.0 Å². The first-order chi connectivity index (χ1) is 9.72. The van der Waals surface area contributed by atoms with Crippen LogP contribution in [0.2, 0.25) is 0 Å². The van der Waals surface area contributed by atoms with Crippen molar-refractivity contribution in [2.45, 2.75) is 20.4 Å². The second kappa shape index (κ2) is 5.29. The third kappa shape index (κ3) is 2.62. The normalized spacial score (nSPS) is 10.7. The van der Waals surface area contributed by atoms with Gasteiger partial charge in [0.15, 0.2) is 0 Å². The second-order valence-electron chi connectivity index (χ2n) is 5.00. The number of benzene rings is 1. The lowest BCUT2D eigenvalue weighted by Crippen LogP contribution is -2.02. The van der Waals surface area contributed by atoms with Crippen LogP contribution in [0.5, 0.6) is 0 Å². The molecule has 0 amide bonds. The van der Waals surface area contributed by atoms with Crippen molar-refractivity contribution >= 4 is 16.5 Å². The highest BCUT2D eigenvalue weighted by molar-refractivity contribution is 5.82. The summed E-state index contributed by atoms with van der Waals surface area (Å²) in [4.78, 5) is 8.60. The van der Waals surface area contributed by atoms with Crippen molar-refractivity contribution < 1.29 is 0 Å². The van der Waals surface area contributed by atoms with Crippen molar-refractivity contribution in [2.24, 2.45) is 0 Å². The van der Waals surface area contributed by atoms with E-state index in [-0.39, 0.29) is 0 Å². The largest absolute Gasteiger partial charge is 0.380 e. The van der Waals surface area contributed by atoms with Gasteiger partial charge in [0.1, 0.15) is 0 Å². The SMILES string of the molecule is Cc1ccc(NCc2ccc3cnccc3c2)c(C)n1. The number of pyridine rings is 2. The molecule has 0 fully saturated rings. The molecule has 3 rings (SSSR count). The van der Waals surface area contributed by atoms with Gasteiger partial charge in [-0.3, -0.25) is 9.97 Å². The Morgan fingerprint density at radius 3 is 2.75 bits per heavy atom. The lowest BCUT2D eigenvalue weighted by molar-refractivity contribution is 1.08. The van der Waals surface area contributed by atoms with Gasteiger partial charge in [-0.05, 0) is 49.1 Å². The molecule has 0 aliphatic heterocycles. The van der Waals surface area contributed by atoms with Crippen LogP contribution < -0.4 is 5.32 Å². The Morgan fingerprint density at radius 2 is 1.90 bits per heavy atom. The van der Waals surface area contributed by atoms with E-state index in [4.69, 9.17) is 0 Å². The summed E-state index contributed by atoms with van der Waals surface area (Å²) >= 11 is 0. The van der Waals surface area contributed by atoms with E-state index >= 15 is 0 Å². The van der Waals surface area contributed by atoms with Gasteiger partial charge in [-0.15, -0.1) is 0 Å². The molecule has 100 valence electrons. The first-order valence-corrected chi connectivity index (χ1v) is 6.73. The van der Waals surface area contributed by atoms with Gasteiger partial charge >= 0.3 is 0 Å². The number of aryl methyl sites for hydroxylation is 2. The summed E-state index contributed by atoms with van der Waals surface area (Å²) < 4.78 is 0. The Kier molecular flexibility index (Phi) is 3.33. The van der Waals surface area contributed by atoms with Crippen LogP contribution in [-0.2, 0) is 6.54 Å². The molecule has 0 aliphatic carbocycles. The summed E-state index contributed by atoms with van der Waals surface area (Å²) in [6, 6.07) is 12.6. The lowest BCUT2D eigenvalue weighted by Gasteiger charge is -2.10. The van der Waals surface area contributed by atoms with E-state index in [2.05, 4.69) is 39.6 Å². The standard InChI is InChI=1S/C17H17N3/c1-12-3-6-17(13(2)20-12)19-10-14-4-5-16-11-18-8-7-15(16)9-14/h3-9,11,19H,10H2,1-2H3. The monoisotopic (exact) mass is 263 g/mol. The average Bonchev–Trinajstić information content (AvgIpc) is 2.46. The summed E-state index contributed by atoms with van der Waals surface area (Å²) in [6.45, 7) is 4.83. The Balaban J connectivity index is 1.79. The summed E-state index contributed by atoms with van der Waals surface area (Å²) in [6.07, 6.45) is 3.72. The molecule has 0 unspecified atom stereocenters. The minimum atomic E-state index is 0.795. The molecule has 0 aliphatic rings. The smallest absolute Gasteiger partial charge is 0.0606 e. The van der Waals surface area contributed by atoms with E-state index in [1.807, 2.05) is 38.4 Å². The maximum Gasteiger partial charge on any atom is 0.0606 e. The Hall–Kier alpha value is -2.42.